The van der Waals surface area contributed by atoms with E-state index in [2.05, 4.69) is 0 Å². The molecule has 0 fully saturated rings. The van der Waals surface area contributed by atoms with Crippen molar-refractivity contribution in [1.29, 1.82) is 0 Å². The monoisotopic (exact) mass is 580 g/mol. The van der Waals surface area contributed by atoms with E-state index in [0.717, 1.165) is 0 Å². The van der Waals surface area contributed by atoms with Crippen LogP contribution in [0.3, 0.4) is 0 Å². The Morgan fingerprint density at radius 1 is 0.902 bits per heavy atom. The summed E-state index contributed by atoms with van der Waals surface area (Å²) in [5, 5.41) is 85.3. The third kappa shape index (κ3) is 7.57. The molecule has 13 nitrogen and oxygen atoms in total. The lowest BCUT2D eigenvalue weighted by Gasteiger charge is -2.49. The lowest BCUT2D eigenvalue weighted by molar-refractivity contribution is -1.04. The van der Waals surface area contributed by atoms with Crippen LogP contribution in [0.1, 0.15) is 56.3 Å². The van der Waals surface area contributed by atoms with Gasteiger partial charge in [0.2, 0.25) is 0 Å². The normalized spacial score (nSPS) is 16.7. The number of hydrogen-bond donors (Lipinski definition) is 10. The number of phenols is 4. The van der Waals surface area contributed by atoms with Gasteiger partial charge in [0, 0.05) is 6.42 Å². The zero-order chi connectivity index (χ0) is 30.9. The maximum absolute atomic E-state index is 12.2. The first-order chi connectivity index (χ1) is 19.4. The Hall–Kier alpha value is -3.62. The molecular formula is C28H42N3O10+. The largest absolute Gasteiger partial charge is 0.544 e. The molecule has 228 valence electrons. The molecule has 13 heteroatoms. The van der Waals surface area contributed by atoms with Gasteiger partial charge in [0.05, 0.1) is 17.1 Å². The van der Waals surface area contributed by atoms with Crippen LogP contribution in [0.4, 0.5) is 0 Å². The molecule has 0 aliphatic heterocycles. The Labute approximate surface area is 238 Å². The minimum Gasteiger partial charge on any atom is -0.544 e. The minimum atomic E-state index is -1.55. The number of hydrogen-bond acceptors (Lipinski definition) is 10. The Kier molecular flexibility index (Phi) is 12.2. The van der Waals surface area contributed by atoms with Crippen LogP contribution in [-0.4, -0.2) is 92.1 Å². The third-order valence-corrected chi connectivity index (χ3v) is 8.09. The number of rotatable bonds is 17. The molecule has 6 atom stereocenters. The number of phenolic OH excluding ortho intramolecular Hbond substituents is 4. The van der Waals surface area contributed by atoms with Gasteiger partial charge in [0.1, 0.15) is 31.8 Å². The molecule has 2 aromatic carbocycles. The lowest BCUT2D eigenvalue weighted by Crippen LogP contribution is -3.31. The van der Waals surface area contributed by atoms with Crippen LogP contribution in [0.25, 0.3) is 0 Å². The minimum absolute atomic E-state index is 0.0910. The van der Waals surface area contributed by atoms with E-state index < -0.39 is 84.9 Å². The van der Waals surface area contributed by atoms with Crippen LogP contribution in [0.15, 0.2) is 36.4 Å². The first-order valence-corrected chi connectivity index (χ1v) is 13.4. The number of carbonyl (C=O) groups is 2. The number of aliphatic carboxylic acids is 2. The van der Waals surface area contributed by atoms with Gasteiger partial charge in [0.25, 0.3) is 0 Å². The van der Waals surface area contributed by atoms with Crippen molar-refractivity contribution in [2.45, 2.75) is 56.8 Å². The Morgan fingerprint density at radius 2 is 1.44 bits per heavy atom. The topological polar surface area (TPSA) is 234 Å². The van der Waals surface area contributed by atoms with Crippen molar-refractivity contribution in [2.24, 2.45) is 5.73 Å². The predicted molar refractivity (Wildman–Crippen MR) is 144 cm³/mol. The molecule has 0 aliphatic carbocycles. The van der Waals surface area contributed by atoms with Gasteiger partial charge < -0.3 is 61.2 Å². The molecule has 0 saturated heterocycles. The molecule has 6 unspecified atom stereocenters. The van der Waals surface area contributed by atoms with Crippen LogP contribution in [0.5, 0.6) is 23.0 Å². The van der Waals surface area contributed by atoms with Crippen LogP contribution in [0.2, 0.25) is 0 Å². The van der Waals surface area contributed by atoms with Crippen LogP contribution in [0, 0.1) is 0 Å². The lowest BCUT2D eigenvalue weighted by atomic mass is 9.80. The fourth-order valence-corrected chi connectivity index (χ4v) is 5.93. The number of carboxylic acids is 2. The highest BCUT2D eigenvalue weighted by atomic mass is 16.4. The fraction of sp³-hybridized carbons (Fsp3) is 0.500. The SMILES string of the molecule is CC(c1cccc(O)c1O)[NH+](CC(=O)[O-])C(CO)C(CO)(CCCCN)[NH+](CC(=O)O)C(C)c1cccc(O)c1O. The van der Waals surface area contributed by atoms with E-state index in [0.29, 0.717) is 12.8 Å². The zero-order valence-corrected chi connectivity index (χ0v) is 23.3. The first kappa shape index (κ1) is 33.6. The van der Waals surface area contributed by atoms with E-state index in [1.54, 1.807) is 13.8 Å². The molecule has 0 aliphatic rings. The molecule has 0 saturated carbocycles. The third-order valence-electron chi connectivity index (χ3n) is 8.09. The van der Waals surface area contributed by atoms with Crippen molar-refractivity contribution in [1.82, 2.24) is 0 Å². The molecule has 11 N–H and O–H groups in total. The summed E-state index contributed by atoms with van der Waals surface area (Å²) in [5.74, 6) is -4.60. The van der Waals surface area contributed by atoms with Crippen molar-refractivity contribution in [3.8, 4) is 23.0 Å². The van der Waals surface area contributed by atoms with Gasteiger partial charge in [-0.2, -0.15) is 0 Å². The molecular weight excluding hydrogens is 538 g/mol. The average Bonchev–Trinajstić information content (AvgIpc) is 2.92. The molecule has 41 heavy (non-hydrogen) atoms. The number of quaternary nitrogens is 2. The van der Waals surface area contributed by atoms with E-state index >= 15 is 0 Å². The first-order valence-electron chi connectivity index (χ1n) is 13.4. The number of aromatic hydroxyl groups is 4. The number of aliphatic hydroxyl groups excluding tert-OH is 2. The molecule has 2 aromatic rings. The maximum Gasteiger partial charge on any atom is 0.359 e. The molecule has 0 spiro atoms. The van der Waals surface area contributed by atoms with E-state index in [-0.39, 0.29) is 33.9 Å². The van der Waals surface area contributed by atoms with Crippen molar-refractivity contribution < 1.29 is 60.2 Å². The van der Waals surface area contributed by atoms with Crippen LogP contribution in [-0.2, 0) is 9.59 Å². The highest BCUT2D eigenvalue weighted by Crippen LogP contribution is 2.34. The summed E-state index contributed by atoms with van der Waals surface area (Å²) in [6.45, 7) is 0.719. The average molecular weight is 581 g/mol. The smallest absolute Gasteiger partial charge is 0.359 e. The summed E-state index contributed by atoms with van der Waals surface area (Å²) in [5.41, 5.74) is 4.50. The second-order valence-corrected chi connectivity index (χ2v) is 10.4. The van der Waals surface area contributed by atoms with Crippen molar-refractivity contribution >= 4 is 11.9 Å². The zero-order valence-electron chi connectivity index (χ0n) is 23.3. The number of para-hydroxylation sites is 2. The summed E-state index contributed by atoms with van der Waals surface area (Å²) in [7, 11) is 0. The van der Waals surface area contributed by atoms with Crippen molar-refractivity contribution in [3.05, 3.63) is 47.5 Å². The highest BCUT2D eigenvalue weighted by Gasteiger charge is 2.56. The highest BCUT2D eigenvalue weighted by molar-refractivity contribution is 5.67. The van der Waals surface area contributed by atoms with Gasteiger partial charge in [-0.15, -0.1) is 0 Å². The summed E-state index contributed by atoms with van der Waals surface area (Å²) in [6.07, 6.45) is 0.943. The van der Waals surface area contributed by atoms with Gasteiger partial charge in [-0.25, -0.2) is 4.79 Å². The quantitative estimate of drug-likeness (QED) is 0.0676. The van der Waals surface area contributed by atoms with Gasteiger partial charge in [-0.3, -0.25) is 0 Å². The van der Waals surface area contributed by atoms with Crippen molar-refractivity contribution in [2.75, 3.05) is 32.8 Å². The van der Waals surface area contributed by atoms with Crippen molar-refractivity contribution in [3.63, 3.8) is 0 Å². The standard InChI is InChI=1S/C28H41N3O10/c1-17(19-7-5-9-21(34)26(19)40)30(13-24(36)37)23(15-32)28(16-33,11-3-4-12-29)31(14-25(38)39)18(2)20-8-6-10-22(35)27(20)41/h5-10,17-18,23,32-35,40-41H,3-4,11-16,29H2,1-2H3,(H,36,37)(H,38,39)/p+1. The number of nitrogens with two attached hydrogens (primary N) is 1. The van der Waals surface area contributed by atoms with Crippen LogP contribution >= 0.6 is 0 Å². The summed E-state index contributed by atoms with van der Waals surface area (Å²) in [4.78, 5) is 24.5. The Balaban J connectivity index is 2.84. The molecule has 0 bridgehead atoms. The van der Waals surface area contributed by atoms with E-state index in [4.69, 9.17) is 5.73 Å². The van der Waals surface area contributed by atoms with Gasteiger partial charge in [-0.05, 0) is 57.5 Å². The maximum atomic E-state index is 12.2. The van der Waals surface area contributed by atoms with Crippen LogP contribution < -0.4 is 20.6 Å². The number of carbonyl (C=O) groups excluding carboxylic acids is 1. The second kappa shape index (κ2) is 14.8. The number of unbranched alkanes of at least 4 members (excludes halogenated alkanes) is 1. The number of benzene rings is 2. The molecule has 0 amide bonds. The molecule has 2 rings (SSSR count). The summed E-state index contributed by atoms with van der Waals surface area (Å²) in [6, 6.07) is 5.47. The Bertz CT molecular complexity index is 1180. The number of nitrogens with one attached hydrogen (secondary N) is 2. The van der Waals surface area contributed by atoms with Gasteiger partial charge >= 0.3 is 5.97 Å². The second-order valence-electron chi connectivity index (χ2n) is 10.4. The van der Waals surface area contributed by atoms with E-state index in [1.165, 1.54) is 36.4 Å². The van der Waals surface area contributed by atoms with E-state index in [1.807, 2.05) is 0 Å². The molecule has 0 heterocycles. The fourth-order valence-electron chi connectivity index (χ4n) is 5.93. The van der Waals surface area contributed by atoms with Gasteiger partial charge in [0.15, 0.2) is 41.1 Å². The number of aliphatic hydroxyl groups is 2. The molecule has 0 radical (unpaired) electrons. The summed E-state index contributed by atoms with van der Waals surface area (Å²) < 4.78 is 0. The number of carboxylic acid groups (broad SMARTS) is 2. The van der Waals surface area contributed by atoms with Gasteiger partial charge in [-0.1, -0.05) is 12.1 Å². The summed E-state index contributed by atoms with van der Waals surface area (Å²) >= 11 is 0. The molecule has 0 aromatic heterocycles. The predicted octanol–water partition coefficient (Wildman–Crippen LogP) is -2.84. The van der Waals surface area contributed by atoms with E-state index in [9.17, 15) is 50.4 Å². The Morgan fingerprint density at radius 3 is 1.88 bits per heavy atom.